The average Bonchev–Trinajstić information content (AvgIpc) is 3.20. The molecule has 0 aliphatic heterocycles. The lowest BCUT2D eigenvalue weighted by Gasteiger charge is -2.05. The largest absolute Gasteiger partial charge is 0.341 e. The lowest BCUT2D eigenvalue weighted by atomic mass is 10.1. The third-order valence-electron chi connectivity index (χ3n) is 6.23. The van der Waals surface area contributed by atoms with Crippen LogP contribution in [0.4, 0.5) is 0 Å². The van der Waals surface area contributed by atoms with Crippen LogP contribution in [-0.4, -0.2) is 15.6 Å². The lowest BCUT2D eigenvalue weighted by Crippen LogP contribution is -2.34. The molecule has 6 heteroatoms. The minimum atomic E-state index is 0.723. The molecule has 172 valence electrons. The van der Waals surface area contributed by atoms with Gasteiger partial charge in [0.1, 0.15) is 6.54 Å². The fourth-order valence-corrected chi connectivity index (χ4v) is 5.06. The number of hydrogen-bond acceptors (Lipinski definition) is 4. The van der Waals surface area contributed by atoms with E-state index in [0.717, 1.165) is 37.3 Å². The molecule has 5 aromatic rings. The zero-order valence-electron chi connectivity index (χ0n) is 19.1. The van der Waals surface area contributed by atoms with Crippen LogP contribution in [0.15, 0.2) is 79.0 Å². The van der Waals surface area contributed by atoms with Crippen molar-refractivity contribution in [2.75, 3.05) is 5.75 Å². The van der Waals surface area contributed by atoms with Crippen molar-refractivity contribution in [3.8, 4) is 0 Å². The van der Waals surface area contributed by atoms with E-state index in [0.29, 0.717) is 0 Å². The standard InChI is InChI=1S/C28H26N2O3S/c1-2-30-27-11-6-4-9-24(27)25-20-21(13-15-28(25)30)12-14-22-16-18-29(17-7-19-34-33-32-31)26-10-5-3-8-23(22)26/h3-6,8-16,18,20H,2,7,17,19H2,1H3/p+1. The Morgan fingerprint density at radius 2 is 1.71 bits per heavy atom. The molecule has 0 saturated heterocycles. The van der Waals surface area contributed by atoms with E-state index in [2.05, 4.69) is 117 Å². The minimum absolute atomic E-state index is 0.723. The van der Waals surface area contributed by atoms with Crippen LogP contribution in [0.1, 0.15) is 24.5 Å². The summed E-state index contributed by atoms with van der Waals surface area (Å²) in [6.45, 7) is 4.00. The monoisotopic (exact) mass is 471 g/mol. The van der Waals surface area contributed by atoms with Gasteiger partial charge in [-0.1, -0.05) is 53.6 Å². The zero-order valence-corrected chi connectivity index (χ0v) is 19.9. The summed E-state index contributed by atoms with van der Waals surface area (Å²) in [5, 5.41) is 15.7. The maximum absolute atomic E-state index is 8.24. The molecule has 34 heavy (non-hydrogen) atoms. The van der Waals surface area contributed by atoms with Crippen LogP contribution < -0.4 is 4.57 Å². The van der Waals surface area contributed by atoms with Crippen molar-refractivity contribution in [1.29, 1.82) is 0 Å². The number of rotatable bonds is 9. The predicted molar refractivity (Wildman–Crippen MR) is 140 cm³/mol. The highest BCUT2D eigenvalue weighted by Crippen LogP contribution is 2.30. The Bertz CT molecular complexity index is 1480. The van der Waals surface area contributed by atoms with Gasteiger partial charge in [0.2, 0.25) is 5.52 Å². The molecule has 2 aromatic heterocycles. The van der Waals surface area contributed by atoms with E-state index in [1.807, 2.05) is 0 Å². The summed E-state index contributed by atoms with van der Waals surface area (Å²) < 4.78 is 9.09. The van der Waals surface area contributed by atoms with Gasteiger partial charge in [-0.15, -0.1) is 4.33 Å². The third-order valence-corrected chi connectivity index (χ3v) is 6.84. The minimum Gasteiger partial charge on any atom is -0.341 e. The highest BCUT2D eigenvalue weighted by atomic mass is 32.2. The van der Waals surface area contributed by atoms with Gasteiger partial charge in [-0.2, -0.15) is 4.57 Å². The summed E-state index contributed by atoms with van der Waals surface area (Å²) in [6.07, 6.45) is 7.43. The summed E-state index contributed by atoms with van der Waals surface area (Å²) in [7, 11) is 0. The van der Waals surface area contributed by atoms with Crippen molar-refractivity contribution in [3.05, 3.63) is 90.1 Å². The molecule has 3 aromatic carbocycles. The van der Waals surface area contributed by atoms with Crippen molar-refractivity contribution in [2.45, 2.75) is 26.4 Å². The molecule has 1 N–H and O–H groups in total. The maximum Gasteiger partial charge on any atom is 0.213 e. The summed E-state index contributed by atoms with van der Waals surface area (Å²) in [5.41, 5.74) is 6.13. The Balaban J connectivity index is 1.45. The van der Waals surface area contributed by atoms with Crippen LogP contribution in [0.5, 0.6) is 0 Å². The Hall–Kier alpha value is -3.16. The van der Waals surface area contributed by atoms with Crippen molar-refractivity contribution in [1.82, 2.24) is 4.57 Å². The molecular weight excluding hydrogens is 444 g/mol. The molecule has 0 saturated carbocycles. The molecule has 2 heterocycles. The highest BCUT2D eigenvalue weighted by Gasteiger charge is 2.12. The number of para-hydroxylation sites is 2. The number of pyridine rings is 1. The van der Waals surface area contributed by atoms with E-state index >= 15 is 0 Å². The van der Waals surface area contributed by atoms with Crippen molar-refractivity contribution < 1.29 is 19.2 Å². The van der Waals surface area contributed by atoms with Crippen LogP contribution >= 0.6 is 12.0 Å². The number of benzene rings is 3. The average molecular weight is 472 g/mol. The van der Waals surface area contributed by atoms with Gasteiger partial charge in [0.15, 0.2) is 6.20 Å². The zero-order chi connectivity index (χ0) is 23.3. The van der Waals surface area contributed by atoms with Gasteiger partial charge in [0, 0.05) is 64.7 Å². The van der Waals surface area contributed by atoms with E-state index in [4.69, 9.17) is 5.26 Å². The first-order valence-electron chi connectivity index (χ1n) is 11.5. The molecule has 0 aliphatic carbocycles. The summed E-state index contributed by atoms with van der Waals surface area (Å²) >= 11 is 1.09. The summed E-state index contributed by atoms with van der Waals surface area (Å²) in [4.78, 5) is 0. The highest BCUT2D eigenvalue weighted by molar-refractivity contribution is 7.94. The molecule has 0 fully saturated rings. The topological polar surface area (TPSA) is 47.5 Å². The van der Waals surface area contributed by atoms with Gasteiger partial charge in [0.25, 0.3) is 0 Å². The normalized spacial score (nSPS) is 11.9. The van der Waals surface area contributed by atoms with Gasteiger partial charge in [-0.25, -0.2) is 5.26 Å². The molecule has 0 unspecified atom stereocenters. The van der Waals surface area contributed by atoms with Gasteiger partial charge in [-0.05, 0) is 42.3 Å². The first-order valence-corrected chi connectivity index (χ1v) is 12.4. The smallest absolute Gasteiger partial charge is 0.213 e. The first-order chi connectivity index (χ1) is 16.8. The molecular formula is C28H27N2O3S+. The quantitative estimate of drug-likeness (QED) is 0.0836. The van der Waals surface area contributed by atoms with Gasteiger partial charge in [0.05, 0.1) is 5.39 Å². The van der Waals surface area contributed by atoms with E-state index in [1.165, 1.54) is 43.8 Å². The second-order valence-corrected chi connectivity index (χ2v) is 8.95. The van der Waals surface area contributed by atoms with Gasteiger partial charge >= 0.3 is 0 Å². The van der Waals surface area contributed by atoms with E-state index in [9.17, 15) is 0 Å². The Morgan fingerprint density at radius 1 is 0.912 bits per heavy atom. The SMILES string of the molecule is CCn1c2ccccc2c2cc(C=Cc3cc[n+](CCCSOOO)c4ccccc34)ccc21. The lowest BCUT2D eigenvalue weighted by molar-refractivity contribution is -0.671. The number of fused-ring (bicyclic) bond motifs is 4. The van der Waals surface area contributed by atoms with Crippen molar-refractivity contribution in [2.24, 2.45) is 0 Å². The molecule has 0 radical (unpaired) electrons. The van der Waals surface area contributed by atoms with Crippen LogP contribution in [0, 0.1) is 0 Å². The van der Waals surface area contributed by atoms with Crippen LogP contribution in [0.25, 0.3) is 44.9 Å². The number of nitrogens with zero attached hydrogens (tertiary/aromatic N) is 2. The molecule has 0 bridgehead atoms. The van der Waals surface area contributed by atoms with E-state index < -0.39 is 0 Å². The van der Waals surface area contributed by atoms with Crippen LogP contribution in [0.2, 0.25) is 0 Å². The Kier molecular flexibility index (Phi) is 6.92. The Morgan fingerprint density at radius 3 is 2.56 bits per heavy atom. The van der Waals surface area contributed by atoms with Gasteiger partial charge < -0.3 is 4.57 Å². The second-order valence-electron chi connectivity index (χ2n) is 8.17. The number of aromatic nitrogens is 2. The predicted octanol–water partition coefficient (Wildman–Crippen LogP) is 6.89. The van der Waals surface area contributed by atoms with E-state index in [1.54, 1.807) is 0 Å². The molecule has 0 aliphatic rings. The fraction of sp³-hybridized carbons (Fsp3) is 0.179. The number of hydrogen-bond donors (Lipinski definition) is 1. The molecule has 5 rings (SSSR count). The fourth-order valence-electron chi connectivity index (χ4n) is 4.70. The molecule has 5 nitrogen and oxygen atoms in total. The maximum atomic E-state index is 8.24. The molecule has 0 spiro atoms. The third kappa shape index (κ3) is 4.45. The van der Waals surface area contributed by atoms with E-state index in [-0.39, 0.29) is 0 Å². The second kappa shape index (κ2) is 10.4. The first kappa shape index (κ1) is 22.6. The molecule has 0 atom stereocenters. The Labute approximate surface area is 202 Å². The summed E-state index contributed by atoms with van der Waals surface area (Å²) in [5.74, 6) is 0.723. The van der Waals surface area contributed by atoms with Crippen molar-refractivity contribution >= 4 is 56.9 Å². The molecule has 0 amide bonds. The summed E-state index contributed by atoms with van der Waals surface area (Å²) in [6, 6.07) is 26.0. The van der Waals surface area contributed by atoms with Crippen molar-refractivity contribution in [3.63, 3.8) is 0 Å². The van der Waals surface area contributed by atoms with Gasteiger partial charge in [-0.3, -0.25) is 0 Å². The van der Waals surface area contributed by atoms with Crippen LogP contribution in [-0.2, 0) is 22.5 Å². The van der Waals surface area contributed by atoms with Crippen LogP contribution in [0.3, 0.4) is 0 Å². The number of aryl methyl sites for hydroxylation is 2.